The van der Waals surface area contributed by atoms with Gasteiger partial charge in [0.05, 0.1) is 34.5 Å². The third-order valence-corrected chi connectivity index (χ3v) is 6.25. The number of rotatable bonds is 4. The second-order valence-electron chi connectivity index (χ2n) is 7.50. The minimum Gasteiger partial charge on any atom is -0.373 e. The van der Waals surface area contributed by atoms with Gasteiger partial charge in [-0.05, 0) is 35.4 Å². The van der Waals surface area contributed by atoms with Crippen LogP contribution >= 0.6 is 23.2 Å². The topological polar surface area (TPSA) is 63.8 Å². The summed E-state index contributed by atoms with van der Waals surface area (Å²) in [5.41, 5.74) is 2.26. The molecule has 0 amide bonds. The minimum atomic E-state index is -1.55. The number of benzene rings is 2. The molecule has 0 aliphatic heterocycles. The first-order chi connectivity index (χ1) is 15.5. The van der Waals surface area contributed by atoms with Crippen molar-refractivity contribution in [1.82, 2.24) is 19.5 Å². The number of pyridine rings is 2. The lowest BCUT2D eigenvalue weighted by molar-refractivity contribution is 0.113. The number of imidazole rings is 1. The molecular formula is C25H18Cl2N4O. The molecule has 0 aliphatic carbocycles. The average molecular weight is 461 g/mol. The van der Waals surface area contributed by atoms with Gasteiger partial charge in [0.2, 0.25) is 0 Å². The Kier molecular flexibility index (Phi) is 5.18. The zero-order chi connectivity index (χ0) is 22.3. The van der Waals surface area contributed by atoms with Crippen LogP contribution < -0.4 is 0 Å². The van der Waals surface area contributed by atoms with E-state index in [2.05, 4.69) is 15.0 Å². The standard InChI is InChI=1S/C25H18Cl2N4O/c1-31-15-28-14-21(31)25(32,20-9-5-6-12-29-20)17-10-11-19-18(13-17)23(26)22(24(27)30-19)16-7-3-2-4-8-16/h2-15,32H,1H3. The summed E-state index contributed by atoms with van der Waals surface area (Å²) in [6.07, 6.45) is 4.93. The first-order valence-corrected chi connectivity index (χ1v) is 10.7. The summed E-state index contributed by atoms with van der Waals surface area (Å²) in [5.74, 6) is 0. The quantitative estimate of drug-likeness (QED) is 0.353. The van der Waals surface area contributed by atoms with Gasteiger partial charge in [0.1, 0.15) is 5.15 Å². The smallest absolute Gasteiger partial charge is 0.173 e. The number of aromatic nitrogens is 4. The van der Waals surface area contributed by atoms with Crippen molar-refractivity contribution in [3.63, 3.8) is 0 Å². The van der Waals surface area contributed by atoms with Gasteiger partial charge in [0.25, 0.3) is 0 Å². The summed E-state index contributed by atoms with van der Waals surface area (Å²) >= 11 is 13.4. The van der Waals surface area contributed by atoms with Gasteiger partial charge in [-0.2, -0.15) is 0 Å². The Hall–Kier alpha value is -3.25. The molecule has 0 saturated heterocycles. The van der Waals surface area contributed by atoms with E-state index < -0.39 is 5.60 Å². The maximum Gasteiger partial charge on any atom is 0.173 e. The van der Waals surface area contributed by atoms with Gasteiger partial charge in [-0.3, -0.25) is 4.98 Å². The third-order valence-electron chi connectivity index (χ3n) is 5.58. The van der Waals surface area contributed by atoms with Gasteiger partial charge >= 0.3 is 0 Å². The number of aliphatic hydroxyl groups is 1. The summed E-state index contributed by atoms with van der Waals surface area (Å²) < 4.78 is 1.77. The number of nitrogens with zero attached hydrogens (tertiary/aromatic N) is 4. The molecule has 7 heteroatoms. The SMILES string of the molecule is Cn1cncc1C(O)(c1ccc2nc(Cl)c(-c3ccccc3)c(Cl)c2c1)c1ccccn1. The Balaban J connectivity index is 1.79. The molecule has 0 radical (unpaired) electrons. The Bertz CT molecular complexity index is 1420. The number of aryl methyl sites for hydroxylation is 1. The van der Waals surface area contributed by atoms with E-state index in [1.54, 1.807) is 29.4 Å². The van der Waals surface area contributed by atoms with Crippen molar-refractivity contribution in [2.75, 3.05) is 0 Å². The highest BCUT2D eigenvalue weighted by Crippen LogP contribution is 2.41. The van der Waals surface area contributed by atoms with Gasteiger partial charge in [-0.25, -0.2) is 9.97 Å². The largest absolute Gasteiger partial charge is 0.373 e. The van der Waals surface area contributed by atoms with Crippen molar-refractivity contribution in [3.8, 4) is 11.1 Å². The second-order valence-corrected chi connectivity index (χ2v) is 8.24. The molecule has 0 saturated carbocycles. The molecule has 1 atom stereocenters. The number of fused-ring (bicyclic) bond motifs is 1. The molecule has 1 unspecified atom stereocenters. The van der Waals surface area contributed by atoms with Crippen molar-refractivity contribution in [2.45, 2.75) is 5.60 Å². The highest BCUT2D eigenvalue weighted by Gasteiger charge is 2.38. The molecule has 0 spiro atoms. The van der Waals surface area contributed by atoms with Crippen LogP contribution in [-0.4, -0.2) is 24.6 Å². The Morgan fingerprint density at radius 3 is 2.44 bits per heavy atom. The molecule has 2 aromatic carbocycles. The van der Waals surface area contributed by atoms with Crippen LogP contribution in [0.1, 0.15) is 17.0 Å². The van der Waals surface area contributed by atoms with Crippen LogP contribution in [0.2, 0.25) is 10.2 Å². The molecule has 0 bridgehead atoms. The molecule has 3 heterocycles. The minimum absolute atomic E-state index is 0.327. The molecule has 0 aliphatic rings. The van der Waals surface area contributed by atoms with E-state index in [4.69, 9.17) is 23.2 Å². The van der Waals surface area contributed by atoms with E-state index >= 15 is 0 Å². The van der Waals surface area contributed by atoms with Gasteiger partial charge < -0.3 is 9.67 Å². The summed E-state index contributed by atoms with van der Waals surface area (Å²) in [6.45, 7) is 0. The molecule has 1 N–H and O–H groups in total. The van der Waals surface area contributed by atoms with Crippen molar-refractivity contribution >= 4 is 34.1 Å². The van der Waals surface area contributed by atoms with E-state index in [-0.39, 0.29) is 0 Å². The Morgan fingerprint density at radius 2 is 1.75 bits per heavy atom. The lowest BCUT2D eigenvalue weighted by Crippen LogP contribution is -2.32. The van der Waals surface area contributed by atoms with Crippen LogP contribution in [0, 0.1) is 0 Å². The van der Waals surface area contributed by atoms with Gasteiger partial charge in [-0.15, -0.1) is 0 Å². The lowest BCUT2D eigenvalue weighted by atomic mass is 9.86. The fourth-order valence-corrected chi connectivity index (χ4v) is 4.67. The summed E-state index contributed by atoms with van der Waals surface area (Å²) in [7, 11) is 1.83. The monoisotopic (exact) mass is 460 g/mol. The first kappa shape index (κ1) is 20.6. The fourth-order valence-electron chi connectivity index (χ4n) is 3.98. The molecule has 158 valence electrons. The van der Waals surface area contributed by atoms with Crippen molar-refractivity contribution in [3.05, 3.63) is 113 Å². The normalized spacial score (nSPS) is 13.2. The van der Waals surface area contributed by atoms with Crippen molar-refractivity contribution in [2.24, 2.45) is 7.05 Å². The molecule has 5 nitrogen and oxygen atoms in total. The van der Waals surface area contributed by atoms with Crippen LogP contribution in [0.4, 0.5) is 0 Å². The highest BCUT2D eigenvalue weighted by molar-refractivity contribution is 6.42. The van der Waals surface area contributed by atoms with Gasteiger partial charge in [-0.1, -0.05) is 65.7 Å². The zero-order valence-electron chi connectivity index (χ0n) is 17.1. The Morgan fingerprint density at radius 1 is 0.969 bits per heavy atom. The van der Waals surface area contributed by atoms with E-state index in [1.807, 2.05) is 67.7 Å². The van der Waals surface area contributed by atoms with Crippen LogP contribution in [-0.2, 0) is 12.6 Å². The van der Waals surface area contributed by atoms with Gasteiger partial charge in [0, 0.05) is 24.2 Å². The molecule has 32 heavy (non-hydrogen) atoms. The fraction of sp³-hybridized carbons (Fsp3) is 0.0800. The number of halogens is 2. The molecule has 3 aromatic heterocycles. The first-order valence-electron chi connectivity index (χ1n) is 9.95. The predicted molar refractivity (Wildman–Crippen MR) is 127 cm³/mol. The van der Waals surface area contributed by atoms with Crippen LogP contribution in [0.25, 0.3) is 22.0 Å². The van der Waals surface area contributed by atoms with E-state index in [1.165, 1.54) is 0 Å². The maximum atomic E-state index is 12.1. The molecule has 5 rings (SSSR count). The summed E-state index contributed by atoms with van der Waals surface area (Å²) in [4.78, 5) is 13.2. The second kappa shape index (κ2) is 8.02. The summed E-state index contributed by atoms with van der Waals surface area (Å²) in [6, 6.07) is 20.5. The van der Waals surface area contributed by atoms with Crippen molar-refractivity contribution in [1.29, 1.82) is 0 Å². The number of hydrogen-bond donors (Lipinski definition) is 1. The predicted octanol–water partition coefficient (Wildman–Crippen LogP) is 5.62. The van der Waals surface area contributed by atoms with E-state index in [0.29, 0.717) is 43.6 Å². The van der Waals surface area contributed by atoms with E-state index in [9.17, 15) is 5.11 Å². The van der Waals surface area contributed by atoms with Crippen LogP contribution in [0.15, 0.2) is 85.5 Å². The van der Waals surface area contributed by atoms with E-state index in [0.717, 1.165) is 5.56 Å². The van der Waals surface area contributed by atoms with Gasteiger partial charge in [0.15, 0.2) is 5.60 Å². The van der Waals surface area contributed by atoms with Crippen molar-refractivity contribution < 1.29 is 5.11 Å². The summed E-state index contributed by atoms with van der Waals surface area (Å²) in [5, 5.41) is 13.6. The molecular weight excluding hydrogens is 443 g/mol. The Labute approximate surface area is 194 Å². The third kappa shape index (κ3) is 3.26. The lowest BCUT2D eigenvalue weighted by Gasteiger charge is -2.29. The molecule has 0 fully saturated rings. The van der Waals surface area contributed by atoms with Crippen LogP contribution in [0.5, 0.6) is 0 Å². The highest BCUT2D eigenvalue weighted by atomic mass is 35.5. The molecule has 5 aromatic rings. The maximum absolute atomic E-state index is 12.1. The zero-order valence-corrected chi connectivity index (χ0v) is 18.6. The number of hydrogen-bond acceptors (Lipinski definition) is 4. The van der Waals surface area contributed by atoms with Crippen LogP contribution in [0.3, 0.4) is 0 Å². The average Bonchev–Trinajstić information content (AvgIpc) is 3.26.